The predicted octanol–water partition coefficient (Wildman–Crippen LogP) is 2.20. The SMILES string of the molecule is O=C(/C=C/c1ccc2c(c1)OCO2)Nc1nc2c(s1)C(=O)NCCC2. The number of amides is 2. The van der Waals surface area contributed by atoms with Crippen LogP contribution >= 0.6 is 11.3 Å². The zero-order valence-electron chi connectivity index (χ0n) is 13.2. The van der Waals surface area contributed by atoms with Gasteiger partial charge < -0.3 is 14.8 Å². The highest BCUT2D eigenvalue weighted by molar-refractivity contribution is 7.17. The number of anilines is 1. The van der Waals surface area contributed by atoms with Gasteiger partial charge in [-0.25, -0.2) is 4.98 Å². The van der Waals surface area contributed by atoms with Crippen LogP contribution in [0, 0.1) is 0 Å². The summed E-state index contributed by atoms with van der Waals surface area (Å²) in [5.41, 5.74) is 1.57. The minimum absolute atomic E-state index is 0.124. The van der Waals surface area contributed by atoms with E-state index in [0.29, 0.717) is 28.1 Å². The number of thiazole rings is 1. The van der Waals surface area contributed by atoms with Crippen molar-refractivity contribution in [2.75, 3.05) is 18.7 Å². The van der Waals surface area contributed by atoms with Crippen LogP contribution in [-0.4, -0.2) is 30.1 Å². The molecule has 0 aliphatic carbocycles. The molecule has 0 atom stereocenters. The molecule has 0 saturated heterocycles. The second-order valence-corrected chi connectivity index (χ2v) is 6.59. The minimum Gasteiger partial charge on any atom is -0.454 e. The third-order valence-electron chi connectivity index (χ3n) is 3.83. The van der Waals surface area contributed by atoms with Crippen molar-refractivity contribution in [2.45, 2.75) is 12.8 Å². The van der Waals surface area contributed by atoms with E-state index in [1.165, 1.54) is 17.4 Å². The first-order valence-electron chi connectivity index (χ1n) is 7.86. The predicted molar refractivity (Wildman–Crippen MR) is 93.0 cm³/mol. The molecule has 2 N–H and O–H groups in total. The summed E-state index contributed by atoms with van der Waals surface area (Å²) >= 11 is 1.20. The maximum Gasteiger partial charge on any atom is 0.263 e. The molecule has 8 heteroatoms. The highest BCUT2D eigenvalue weighted by Gasteiger charge is 2.21. The molecule has 2 aliphatic rings. The Bertz CT molecular complexity index is 875. The minimum atomic E-state index is -0.304. The number of ether oxygens (including phenoxy) is 2. The molecule has 0 fully saturated rings. The Morgan fingerprint density at radius 2 is 2.20 bits per heavy atom. The molecule has 1 aromatic heterocycles. The van der Waals surface area contributed by atoms with E-state index in [4.69, 9.17) is 9.47 Å². The van der Waals surface area contributed by atoms with Crippen molar-refractivity contribution < 1.29 is 19.1 Å². The number of hydrogen-bond donors (Lipinski definition) is 2. The Labute approximate surface area is 147 Å². The molecule has 0 saturated carbocycles. The van der Waals surface area contributed by atoms with E-state index in [0.717, 1.165) is 24.1 Å². The van der Waals surface area contributed by atoms with Crippen molar-refractivity contribution in [3.63, 3.8) is 0 Å². The van der Waals surface area contributed by atoms with Crippen LogP contribution in [0.2, 0.25) is 0 Å². The summed E-state index contributed by atoms with van der Waals surface area (Å²) in [5, 5.41) is 5.96. The number of benzene rings is 1. The van der Waals surface area contributed by atoms with Crippen molar-refractivity contribution in [2.24, 2.45) is 0 Å². The van der Waals surface area contributed by atoms with Crippen LogP contribution in [0.4, 0.5) is 5.13 Å². The van der Waals surface area contributed by atoms with Crippen LogP contribution in [0.1, 0.15) is 27.3 Å². The number of nitrogens with one attached hydrogen (secondary N) is 2. The third-order valence-corrected chi connectivity index (χ3v) is 4.85. The molecule has 2 aromatic rings. The number of fused-ring (bicyclic) bond motifs is 2. The normalized spacial score (nSPS) is 15.6. The van der Waals surface area contributed by atoms with Gasteiger partial charge in [-0.05, 0) is 36.6 Å². The van der Waals surface area contributed by atoms with Crippen molar-refractivity contribution in [1.82, 2.24) is 10.3 Å². The molecule has 25 heavy (non-hydrogen) atoms. The molecular weight excluding hydrogens is 342 g/mol. The summed E-state index contributed by atoms with van der Waals surface area (Å²) < 4.78 is 10.6. The van der Waals surface area contributed by atoms with E-state index in [9.17, 15) is 9.59 Å². The van der Waals surface area contributed by atoms with Gasteiger partial charge in [0.2, 0.25) is 12.7 Å². The van der Waals surface area contributed by atoms with E-state index in [1.54, 1.807) is 12.1 Å². The van der Waals surface area contributed by atoms with Gasteiger partial charge in [0, 0.05) is 12.6 Å². The molecule has 3 heterocycles. The Balaban J connectivity index is 1.44. The smallest absolute Gasteiger partial charge is 0.263 e. The van der Waals surface area contributed by atoms with Gasteiger partial charge in [0.05, 0.1) is 5.69 Å². The average molecular weight is 357 g/mol. The van der Waals surface area contributed by atoms with E-state index in [1.807, 2.05) is 12.1 Å². The summed E-state index contributed by atoms with van der Waals surface area (Å²) in [4.78, 5) is 28.9. The van der Waals surface area contributed by atoms with Gasteiger partial charge in [-0.1, -0.05) is 17.4 Å². The number of carbonyl (C=O) groups is 2. The fourth-order valence-corrected chi connectivity index (χ4v) is 3.56. The first-order valence-corrected chi connectivity index (χ1v) is 8.67. The Morgan fingerprint density at radius 1 is 1.32 bits per heavy atom. The number of aromatic nitrogens is 1. The lowest BCUT2D eigenvalue weighted by molar-refractivity contribution is -0.111. The van der Waals surface area contributed by atoms with Gasteiger partial charge in [0.1, 0.15) is 4.88 Å². The molecular formula is C17H15N3O4S. The van der Waals surface area contributed by atoms with E-state index >= 15 is 0 Å². The van der Waals surface area contributed by atoms with Crippen LogP contribution in [0.5, 0.6) is 11.5 Å². The zero-order valence-corrected chi connectivity index (χ0v) is 14.0. The van der Waals surface area contributed by atoms with Crippen LogP contribution in [0.25, 0.3) is 6.08 Å². The molecule has 0 bridgehead atoms. The molecule has 0 radical (unpaired) electrons. The lowest BCUT2D eigenvalue weighted by atomic mass is 10.2. The number of aryl methyl sites for hydroxylation is 1. The molecule has 2 aliphatic heterocycles. The maximum atomic E-state index is 12.1. The van der Waals surface area contributed by atoms with Gasteiger partial charge >= 0.3 is 0 Å². The van der Waals surface area contributed by atoms with Crippen molar-refractivity contribution >= 4 is 34.4 Å². The molecule has 1 aromatic carbocycles. The third kappa shape index (κ3) is 3.34. The Kier molecular flexibility index (Phi) is 4.10. The molecule has 7 nitrogen and oxygen atoms in total. The fraction of sp³-hybridized carbons (Fsp3) is 0.235. The van der Waals surface area contributed by atoms with Gasteiger partial charge in [0.15, 0.2) is 16.6 Å². The van der Waals surface area contributed by atoms with Gasteiger partial charge in [0.25, 0.3) is 5.91 Å². The zero-order chi connectivity index (χ0) is 17.2. The van der Waals surface area contributed by atoms with E-state index in [2.05, 4.69) is 15.6 Å². The summed E-state index contributed by atoms with van der Waals surface area (Å²) in [5.74, 6) is 0.935. The van der Waals surface area contributed by atoms with Crippen molar-refractivity contribution in [1.29, 1.82) is 0 Å². The molecule has 4 rings (SSSR count). The first kappa shape index (κ1) is 15.6. The number of carbonyl (C=O) groups excluding carboxylic acids is 2. The number of rotatable bonds is 3. The lowest BCUT2D eigenvalue weighted by Gasteiger charge is -1.99. The van der Waals surface area contributed by atoms with Crippen LogP contribution in [0.3, 0.4) is 0 Å². The van der Waals surface area contributed by atoms with Crippen LogP contribution < -0.4 is 20.1 Å². The quantitative estimate of drug-likeness (QED) is 0.822. The summed E-state index contributed by atoms with van der Waals surface area (Å²) in [7, 11) is 0. The van der Waals surface area contributed by atoms with Crippen LogP contribution in [0.15, 0.2) is 24.3 Å². The maximum absolute atomic E-state index is 12.1. The molecule has 0 spiro atoms. The van der Waals surface area contributed by atoms with Gasteiger partial charge in [-0.3, -0.25) is 14.9 Å². The Morgan fingerprint density at radius 3 is 3.12 bits per heavy atom. The van der Waals surface area contributed by atoms with Crippen LogP contribution in [-0.2, 0) is 11.2 Å². The topological polar surface area (TPSA) is 89.6 Å². The molecule has 2 amide bonds. The number of hydrogen-bond acceptors (Lipinski definition) is 6. The second kappa shape index (κ2) is 6.56. The lowest BCUT2D eigenvalue weighted by Crippen LogP contribution is -2.21. The number of nitrogens with zero attached hydrogens (tertiary/aromatic N) is 1. The standard InChI is InChI=1S/C17H15N3O4S/c21-14(6-4-10-3-5-12-13(8-10)24-9-23-12)20-17-19-11-2-1-7-18-16(22)15(11)25-17/h3-6,8H,1-2,7,9H2,(H,18,22)(H,19,20,21)/b6-4+. The van der Waals surface area contributed by atoms with E-state index < -0.39 is 0 Å². The summed E-state index contributed by atoms with van der Waals surface area (Å²) in [6, 6.07) is 5.45. The molecule has 128 valence electrons. The average Bonchev–Trinajstić information content (AvgIpc) is 3.19. The monoisotopic (exact) mass is 357 g/mol. The summed E-state index contributed by atoms with van der Waals surface area (Å²) in [6.45, 7) is 0.868. The highest BCUT2D eigenvalue weighted by Crippen LogP contribution is 2.32. The summed E-state index contributed by atoms with van der Waals surface area (Å²) in [6.07, 6.45) is 4.68. The molecule has 0 unspecified atom stereocenters. The largest absolute Gasteiger partial charge is 0.454 e. The van der Waals surface area contributed by atoms with Gasteiger partial charge in [-0.15, -0.1) is 0 Å². The fourth-order valence-electron chi connectivity index (χ4n) is 2.63. The van der Waals surface area contributed by atoms with E-state index in [-0.39, 0.29) is 18.6 Å². The first-order chi connectivity index (χ1) is 12.2. The van der Waals surface area contributed by atoms with Crippen molar-refractivity contribution in [3.05, 3.63) is 40.4 Å². The second-order valence-electron chi connectivity index (χ2n) is 5.59. The van der Waals surface area contributed by atoms with Crippen molar-refractivity contribution in [3.8, 4) is 11.5 Å². The van der Waals surface area contributed by atoms with Gasteiger partial charge in [-0.2, -0.15) is 0 Å². The Hall–Kier alpha value is -2.87. The highest BCUT2D eigenvalue weighted by atomic mass is 32.1.